The topological polar surface area (TPSA) is 44.0 Å². The Balaban J connectivity index is 2.53. The number of aromatic hydroxyl groups is 1. The largest absolute Gasteiger partial charge is 0.508 e. The second-order valence-corrected chi connectivity index (χ2v) is 4.01. The van der Waals surface area contributed by atoms with Crippen LogP contribution in [0, 0.1) is 11.3 Å². The van der Waals surface area contributed by atoms with Gasteiger partial charge >= 0.3 is 0 Å². The van der Waals surface area contributed by atoms with Crippen LogP contribution in [-0.4, -0.2) is 5.11 Å². The molecule has 1 aliphatic rings. The summed E-state index contributed by atoms with van der Waals surface area (Å²) in [7, 11) is 0. The number of nitriles is 1. The quantitative estimate of drug-likeness (QED) is 0.803. The number of hydrogen-bond acceptors (Lipinski definition) is 2. The molecule has 1 aliphatic carbocycles. The van der Waals surface area contributed by atoms with Gasteiger partial charge in [0.25, 0.3) is 0 Å². The van der Waals surface area contributed by atoms with E-state index < -0.39 is 0 Å². The molecule has 0 aromatic heterocycles. The predicted molar refractivity (Wildman–Crippen MR) is 63.8 cm³/mol. The third kappa shape index (κ3) is 1.95. The van der Waals surface area contributed by atoms with E-state index in [-0.39, 0.29) is 5.75 Å². The summed E-state index contributed by atoms with van der Waals surface area (Å²) in [5, 5.41) is 18.9. The van der Waals surface area contributed by atoms with Gasteiger partial charge in [-0.15, -0.1) is 0 Å². The molecular weight excluding hydrogens is 222 g/mol. The minimum absolute atomic E-state index is 0.207. The third-order valence-corrected chi connectivity index (χ3v) is 2.89. The lowest BCUT2D eigenvalue weighted by atomic mass is 9.93. The predicted octanol–water partition coefficient (Wildman–Crippen LogP) is 3.59. The van der Waals surface area contributed by atoms with Gasteiger partial charge in [-0.05, 0) is 30.5 Å². The monoisotopic (exact) mass is 231 g/mol. The molecule has 0 heterocycles. The maximum atomic E-state index is 9.22. The first-order valence-electron chi connectivity index (χ1n) is 5.01. The highest BCUT2D eigenvalue weighted by molar-refractivity contribution is 6.37. The Hall–Kier alpha value is -1.72. The van der Waals surface area contributed by atoms with Crippen molar-refractivity contribution in [2.24, 2.45) is 0 Å². The SMILES string of the molecule is N#CC1=C(c2ccc(O)cc2)C(Cl)=CCC1. The van der Waals surface area contributed by atoms with Gasteiger partial charge in [-0.1, -0.05) is 29.8 Å². The number of benzene rings is 1. The number of halogens is 1. The molecule has 0 aliphatic heterocycles. The minimum Gasteiger partial charge on any atom is -0.508 e. The van der Waals surface area contributed by atoms with E-state index in [1.54, 1.807) is 24.3 Å². The van der Waals surface area contributed by atoms with Gasteiger partial charge in [0.05, 0.1) is 6.07 Å². The normalized spacial score (nSPS) is 15.6. The van der Waals surface area contributed by atoms with E-state index in [4.69, 9.17) is 16.9 Å². The highest BCUT2D eigenvalue weighted by Crippen LogP contribution is 2.35. The first-order chi connectivity index (χ1) is 7.72. The molecule has 3 heteroatoms. The number of phenolic OH excluding ortho intramolecular Hbond substituents is 1. The van der Waals surface area contributed by atoms with Crippen molar-refractivity contribution >= 4 is 17.2 Å². The van der Waals surface area contributed by atoms with Crippen LogP contribution in [-0.2, 0) is 0 Å². The number of allylic oxidation sites excluding steroid dienone is 4. The summed E-state index contributed by atoms with van der Waals surface area (Å²) in [6.45, 7) is 0. The van der Waals surface area contributed by atoms with Gasteiger partial charge in [0.1, 0.15) is 5.75 Å². The van der Waals surface area contributed by atoms with Crippen molar-refractivity contribution in [2.75, 3.05) is 0 Å². The van der Waals surface area contributed by atoms with E-state index >= 15 is 0 Å². The van der Waals surface area contributed by atoms with Gasteiger partial charge in [0, 0.05) is 16.2 Å². The maximum Gasteiger partial charge on any atom is 0.115 e. The zero-order valence-electron chi connectivity index (χ0n) is 8.57. The van der Waals surface area contributed by atoms with E-state index in [1.165, 1.54) is 0 Å². The van der Waals surface area contributed by atoms with E-state index in [1.807, 2.05) is 6.08 Å². The molecule has 0 amide bonds. The summed E-state index contributed by atoms with van der Waals surface area (Å²) < 4.78 is 0. The zero-order chi connectivity index (χ0) is 11.5. The number of hydrogen-bond donors (Lipinski definition) is 1. The van der Waals surface area contributed by atoms with Crippen LogP contribution in [0.4, 0.5) is 0 Å². The molecular formula is C13H10ClNO. The van der Waals surface area contributed by atoms with Crippen molar-refractivity contribution < 1.29 is 5.11 Å². The summed E-state index contributed by atoms with van der Waals surface area (Å²) in [5.74, 6) is 0.207. The first kappa shape index (κ1) is 10.8. The molecule has 0 fully saturated rings. The minimum atomic E-state index is 0.207. The van der Waals surface area contributed by atoms with Crippen LogP contribution in [0.15, 0.2) is 40.9 Å². The van der Waals surface area contributed by atoms with Crippen LogP contribution >= 0.6 is 11.6 Å². The highest BCUT2D eigenvalue weighted by atomic mass is 35.5. The van der Waals surface area contributed by atoms with Gasteiger partial charge in [0.2, 0.25) is 0 Å². The summed E-state index contributed by atoms with van der Waals surface area (Å²) in [5.41, 5.74) is 2.36. The molecule has 2 rings (SSSR count). The van der Waals surface area contributed by atoms with Crippen LogP contribution in [0.2, 0.25) is 0 Å². The molecule has 0 saturated carbocycles. The third-order valence-electron chi connectivity index (χ3n) is 2.55. The van der Waals surface area contributed by atoms with E-state index in [9.17, 15) is 5.11 Å². The lowest BCUT2D eigenvalue weighted by Gasteiger charge is -2.14. The average molecular weight is 232 g/mol. The van der Waals surface area contributed by atoms with Crippen molar-refractivity contribution in [3.8, 4) is 11.8 Å². The molecule has 1 aromatic rings. The van der Waals surface area contributed by atoms with Gasteiger partial charge in [-0.2, -0.15) is 5.26 Å². The Morgan fingerprint density at radius 3 is 2.56 bits per heavy atom. The van der Waals surface area contributed by atoms with Crippen LogP contribution in [0.5, 0.6) is 5.75 Å². The van der Waals surface area contributed by atoms with Crippen molar-refractivity contribution in [2.45, 2.75) is 12.8 Å². The number of phenols is 1. The molecule has 80 valence electrons. The molecule has 1 aromatic carbocycles. The fourth-order valence-corrected chi connectivity index (χ4v) is 2.10. The average Bonchev–Trinajstić information content (AvgIpc) is 2.30. The van der Waals surface area contributed by atoms with Crippen LogP contribution in [0.25, 0.3) is 5.57 Å². The molecule has 0 unspecified atom stereocenters. The van der Waals surface area contributed by atoms with Crippen LogP contribution < -0.4 is 0 Å². The van der Waals surface area contributed by atoms with Crippen molar-refractivity contribution in [1.82, 2.24) is 0 Å². The second kappa shape index (κ2) is 4.42. The zero-order valence-corrected chi connectivity index (χ0v) is 9.33. The van der Waals surface area contributed by atoms with Gasteiger partial charge in [-0.25, -0.2) is 0 Å². The van der Waals surface area contributed by atoms with E-state index in [2.05, 4.69) is 6.07 Å². The first-order valence-corrected chi connectivity index (χ1v) is 5.39. The van der Waals surface area contributed by atoms with Gasteiger partial charge in [0.15, 0.2) is 0 Å². The molecule has 1 N–H and O–H groups in total. The van der Waals surface area contributed by atoms with Crippen molar-refractivity contribution in [3.63, 3.8) is 0 Å². The Labute approximate surface area is 99.1 Å². The highest BCUT2D eigenvalue weighted by Gasteiger charge is 2.16. The van der Waals surface area contributed by atoms with Crippen molar-refractivity contribution in [3.05, 3.63) is 46.5 Å². The fraction of sp³-hybridized carbons (Fsp3) is 0.154. The summed E-state index contributed by atoms with van der Waals surface area (Å²) in [6, 6.07) is 8.91. The van der Waals surface area contributed by atoms with Crippen molar-refractivity contribution in [1.29, 1.82) is 5.26 Å². The van der Waals surface area contributed by atoms with Gasteiger partial charge < -0.3 is 5.11 Å². The molecule has 2 nitrogen and oxygen atoms in total. The number of nitrogens with zero attached hydrogens (tertiary/aromatic N) is 1. The summed E-state index contributed by atoms with van der Waals surface area (Å²) in [4.78, 5) is 0. The lowest BCUT2D eigenvalue weighted by Crippen LogP contribution is -1.96. The summed E-state index contributed by atoms with van der Waals surface area (Å²) in [6.07, 6.45) is 3.46. The Morgan fingerprint density at radius 2 is 1.94 bits per heavy atom. The number of rotatable bonds is 1. The fourth-order valence-electron chi connectivity index (χ4n) is 1.77. The van der Waals surface area contributed by atoms with Gasteiger partial charge in [-0.3, -0.25) is 0 Å². The molecule has 0 saturated heterocycles. The Morgan fingerprint density at radius 1 is 1.25 bits per heavy atom. The Kier molecular flexibility index (Phi) is 2.98. The molecule has 0 spiro atoms. The maximum absolute atomic E-state index is 9.22. The molecule has 0 radical (unpaired) electrons. The summed E-state index contributed by atoms with van der Waals surface area (Å²) >= 11 is 6.12. The smallest absolute Gasteiger partial charge is 0.115 e. The molecule has 0 bridgehead atoms. The molecule has 0 atom stereocenters. The van der Waals surface area contributed by atoms with E-state index in [0.29, 0.717) is 10.6 Å². The molecule has 16 heavy (non-hydrogen) atoms. The second-order valence-electron chi connectivity index (χ2n) is 3.60. The van der Waals surface area contributed by atoms with Crippen LogP contribution in [0.1, 0.15) is 18.4 Å². The Bertz CT molecular complexity index is 506. The van der Waals surface area contributed by atoms with E-state index in [0.717, 1.165) is 24.0 Å². The standard InChI is InChI=1S/C13H10ClNO/c14-12-3-1-2-10(8-15)13(12)9-4-6-11(16)7-5-9/h3-7,16H,1-2H2. The van der Waals surface area contributed by atoms with Crippen LogP contribution in [0.3, 0.4) is 0 Å². The lowest BCUT2D eigenvalue weighted by molar-refractivity contribution is 0.475.